The van der Waals surface area contributed by atoms with Crippen LogP contribution in [0.25, 0.3) is 0 Å². The van der Waals surface area contributed by atoms with Crippen molar-refractivity contribution in [2.24, 2.45) is 0 Å². The number of hydrogen-bond acceptors (Lipinski definition) is 5. The fourth-order valence-electron chi connectivity index (χ4n) is 1.44. The molecule has 0 unspecified atom stereocenters. The molecule has 94 valence electrons. The van der Waals surface area contributed by atoms with Crippen LogP contribution >= 0.6 is 22.6 Å². The number of aromatic nitrogens is 2. The van der Waals surface area contributed by atoms with Gasteiger partial charge in [-0.1, -0.05) is 0 Å². The largest absolute Gasteiger partial charge is 0.497 e. The van der Waals surface area contributed by atoms with Gasteiger partial charge in [0.25, 0.3) is 0 Å². The SMILES string of the molecule is COc1ccc(OC)c(Nc2ncncc2I)c1. The summed E-state index contributed by atoms with van der Waals surface area (Å²) in [4.78, 5) is 8.13. The highest BCUT2D eigenvalue weighted by Gasteiger charge is 2.08. The van der Waals surface area contributed by atoms with Crippen LogP contribution in [0.3, 0.4) is 0 Å². The Hall–Kier alpha value is -1.57. The van der Waals surface area contributed by atoms with E-state index in [1.54, 1.807) is 20.4 Å². The number of rotatable bonds is 4. The van der Waals surface area contributed by atoms with Crippen molar-refractivity contribution < 1.29 is 9.47 Å². The minimum atomic E-state index is 0.727. The molecule has 1 heterocycles. The predicted octanol–water partition coefficient (Wildman–Crippen LogP) is 2.84. The summed E-state index contributed by atoms with van der Waals surface area (Å²) in [7, 11) is 3.25. The van der Waals surface area contributed by atoms with Gasteiger partial charge in [-0.25, -0.2) is 9.97 Å². The molecule has 0 amide bonds. The minimum absolute atomic E-state index is 0.727. The molecule has 0 radical (unpaired) electrons. The maximum Gasteiger partial charge on any atom is 0.147 e. The van der Waals surface area contributed by atoms with E-state index < -0.39 is 0 Å². The summed E-state index contributed by atoms with van der Waals surface area (Å²) in [6, 6.07) is 5.54. The molecule has 2 rings (SSSR count). The van der Waals surface area contributed by atoms with Crippen molar-refractivity contribution in [3.05, 3.63) is 34.3 Å². The van der Waals surface area contributed by atoms with Gasteiger partial charge >= 0.3 is 0 Å². The third kappa shape index (κ3) is 2.81. The number of halogens is 1. The number of methoxy groups -OCH3 is 2. The Balaban J connectivity index is 2.35. The molecule has 1 aromatic heterocycles. The van der Waals surface area contributed by atoms with Crippen LogP contribution in [-0.4, -0.2) is 24.2 Å². The molecule has 0 aliphatic heterocycles. The van der Waals surface area contributed by atoms with E-state index in [-0.39, 0.29) is 0 Å². The fourth-order valence-corrected chi connectivity index (χ4v) is 1.88. The molecule has 0 spiro atoms. The fraction of sp³-hybridized carbons (Fsp3) is 0.167. The lowest BCUT2D eigenvalue weighted by Crippen LogP contribution is -1.99. The summed E-state index contributed by atoms with van der Waals surface area (Å²) >= 11 is 2.17. The van der Waals surface area contributed by atoms with Crippen molar-refractivity contribution in [3.8, 4) is 11.5 Å². The zero-order chi connectivity index (χ0) is 13.0. The predicted molar refractivity (Wildman–Crippen MR) is 77.6 cm³/mol. The molecule has 1 N–H and O–H groups in total. The average Bonchev–Trinajstić information content (AvgIpc) is 2.41. The van der Waals surface area contributed by atoms with Crippen LogP contribution in [-0.2, 0) is 0 Å². The molecular formula is C12H12IN3O2. The van der Waals surface area contributed by atoms with E-state index in [1.807, 2.05) is 18.2 Å². The summed E-state index contributed by atoms with van der Waals surface area (Å²) in [5, 5.41) is 3.20. The van der Waals surface area contributed by atoms with Crippen LogP contribution in [0.15, 0.2) is 30.7 Å². The molecule has 1 aromatic carbocycles. The lowest BCUT2D eigenvalue weighted by molar-refractivity contribution is 0.405. The van der Waals surface area contributed by atoms with Gasteiger partial charge in [0.2, 0.25) is 0 Å². The number of benzene rings is 1. The first-order chi connectivity index (χ1) is 8.74. The standard InChI is InChI=1S/C12H12IN3O2/c1-17-8-3-4-11(18-2)10(5-8)16-12-9(13)6-14-7-15-12/h3-7H,1-2H3,(H,14,15,16). The Morgan fingerprint density at radius 2 is 2.06 bits per heavy atom. The molecule has 0 atom stereocenters. The molecule has 0 fully saturated rings. The van der Waals surface area contributed by atoms with Gasteiger partial charge < -0.3 is 14.8 Å². The van der Waals surface area contributed by atoms with E-state index in [0.717, 1.165) is 26.6 Å². The molecule has 5 nitrogen and oxygen atoms in total. The lowest BCUT2D eigenvalue weighted by Gasteiger charge is -2.12. The average molecular weight is 357 g/mol. The van der Waals surface area contributed by atoms with Crippen molar-refractivity contribution in [2.75, 3.05) is 19.5 Å². The van der Waals surface area contributed by atoms with Gasteiger partial charge in [-0.2, -0.15) is 0 Å². The zero-order valence-electron chi connectivity index (χ0n) is 9.98. The molecule has 0 aliphatic rings. The monoisotopic (exact) mass is 357 g/mol. The highest BCUT2D eigenvalue weighted by molar-refractivity contribution is 14.1. The highest BCUT2D eigenvalue weighted by Crippen LogP contribution is 2.31. The number of nitrogens with one attached hydrogen (secondary N) is 1. The summed E-state index contributed by atoms with van der Waals surface area (Å²) in [5.74, 6) is 2.21. The van der Waals surface area contributed by atoms with E-state index in [1.165, 1.54) is 6.33 Å². The van der Waals surface area contributed by atoms with Crippen LogP contribution in [0.2, 0.25) is 0 Å². The van der Waals surface area contributed by atoms with E-state index in [2.05, 4.69) is 37.9 Å². The van der Waals surface area contributed by atoms with Gasteiger partial charge in [-0.15, -0.1) is 0 Å². The van der Waals surface area contributed by atoms with Crippen molar-refractivity contribution in [1.29, 1.82) is 0 Å². The van der Waals surface area contributed by atoms with Gasteiger partial charge in [0, 0.05) is 12.3 Å². The van der Waals surface area contributed by atoms with Crippen molar-refractivity contribution in [2.45, 2.75) is 0 Å². The summed E-state index contributed by atoms with van der Waals surface area (Å²) in [6.45, 7) is 0. The van der Waals surface area contributed by atoms with E-state index in [4.69, 9.17) is 9.47 Å². The minimum Gasteiger partial charge on any atom is -0.497 e. The van der Waals surface area contributed by atoms with Crippen LogP contribution in [0, 0.1) is 3.57 Å². The number of nitrogens with zero attached hydrogens (tertiary/aromatic N) is 2. The first-order valence-corrected chi connectivity index (χ1v) is 6.27. The van der Waals surface area contributed by atoms with Gasteiger partial charge in [0.05, 0.1) is 23.5 Å². The third-order valence-electron chi connectivity index (χ3n) is 2.33. The molecule has 0 saturated carbocycles. The second-order valence-corrected chi connectivity index (χ2v) is 4.57. The quantitative estimate of drug-likeness (QED) is 0.853. The Morgan fingerprint density at radius 3 is 2.72 bits per heavy atom. The first-order valence-electron chi connectivity index (χ1n) is 5.19. The molecular weight excluding hydrogens is 345 g/mol. The van der Waals surface area contributed by atoms with E-state index >= 15 is 0 Å². The Labute approximate surface area is 119 Å². The zero-order valence-corrected chi connectivity index (χ0v) is 12.1. The maximum atomic E-state index is 5.29. The molecule has 2 aromatic rings. The highest BCUT2D eigenvalue weighted by atomic mass is 127. The topological polar surface area (TPSA) is 56.3 Å². The molecule has 6 heteroatoms. The Kier molecular flexibility index (Phi) is 4.19. The third-order valence-corrected chi connectivity index (χ3v) is 3.12. The summed E-state index contributed by atoms with van der Waals surface area (Å²) in [6.07, 6.45) is 3.24. The smallest absolute Gasteiger partial charge is 0.147 e. The lowest BCUT2D eigenvalue weighted by atomic mass is 10.2. The van der Waals surface area contributed by atoms with Crippen molar-refractivity contribution in [3.63, 3.8) is 0 Å². The van der Waals surface area contributed by atoms with Gasteiger partial charge in [0.15, 0.2) is 0 Å². The van der Waals surface area contributed by atoms with Crippen molar-refractivity contribution >= 4 is 34.1 Å². The second-order valence-electron chi connectivity index (χ2n) is 3.41. The molecule has 0 bridgehead atoms. The van der Waals surface area contributed by atoms with Crippen LogP contribution in [0.1, 0.15) is 0 Å². The van der Waals surface area contributed by atoms with Crippen LogP contribution in [0.5, 0.6) is 11.5 Å². The van der Waals surface area contributed by atoms with Crippen LogP contribution < -0.4 is 14.8 Å². The number of ether oxygens (including phenoxy) is 2. The maximum absolute atomic E-state index is 5.29. The second kappa shape index (κ2) is 5.85. The van der Waals surface area contributed by atoms with Crippen molar-refractivity contribution in [1.82, 2.24) is 9.97 Å². The van der Waals surface area contributed by atoms with Gasteiger partial charge in [-0.3, -0.25) is 0 Å². The Bertz CT molecular complexity index is 549. The summed E-state index contributed by atoms with van der Waals surface area (Å²) in [5.41, 5.74) is 0.800. The normalized spacial score (nSPS) is 9.94. The molecule has 18 heavy (non-hydrogen) atoms. The number of hydrogen-bond donors (Lipinski definition) is 1. The molecule has 0 aliphatic carbocycles. The van der Waals surface area contributed by atoms with E-state index in [9.17, 15) is 0 Å². The summed E-state index contributed by atoms with van der Waals surface area (Å²) < 4.78 is 11.4. The first kappa shape index (κ1) is 12.9. The Morgan fingerprint density at radius 1 is 1.22 bits per heavy atom. The molecule has 0 saturated heterocycles. The van der Waals surface area contributed by atoms with Gasteiger partial charge in [0.1, 0.15) is 23.6 Å². The van der Waals surface area contributed by atoms with Crippen LogP contribution in [0.4, 0.5) is 11.5 Å². The number of anilines is 2. The van der Waals surface area contributed by atoms with Gasteiger partial charge in [-0.05, 0) is 34.7 Å². The van der Waals surface area contributed by atoms with E-state index in [0.29, 0.717) is 0 Å².